The van der Waals surface area contributed by atoms with E-state index in [1.165, 1.54) is 14.2 Å². The monoisotopic (exact) mass is 275 g/mol. The number of nitrogens with two attached hydrogens (primary N) is 1. The van der Waals surface area contributed by atoms with Crippen LogP contribution in [-0.2, 0) is 0 Å². The Morgan fingerprint density at radius 1 is 1.79 bits per heavy atom. The highest BCUT2D eigenvalue weighted by atomic mass is 79.9. The number of halogens is 1. The maximum atomic E-state index is 9.28. The molecule has 0 amide bonds. The van der Waals surface area contributed by atoms with Gasteiger partial charge in [-0.25, -0.2) is 0 Å². The van der Waals surface area contributed by atoms with E-state index < -0.39 is 0 Å². The Hall–Kier alpha value is 0.100. The maximum Gasteiger partial charge on any atom is 0.0505 e. The van der Waals surface area contributed by atoms with Gasteiger partial charge in [0.2, 0.25) is 0 Å². The highest BCUT2D eigenvalue weighted by molar-refractivity contribution is 9.10. The van der Waals surface area contributed by atoms with Gasteiger partial charge in [0.15, 0.2) is 0 Å². The van der Waals surface area contributed by atoms with Crippen molar-refractivity contribution in [1.29, 1.82) is 0 Å². The predicted molar refractivity (Wildman–Crippen MR) is 62.7 cm³/mol. The minimum atomic E-state index is -0.0171. The van der Waals surface area contributed by atoms with Crippen LogP contribution in [-0.4, -0.2) is 18.3 Å². The largest absolute Gasteiger partial charge is 0.396 e. The third-order valence-corrected chi connectivity index (χ3v) is 5.38. The highest BCUT2D eigenvalue weighted by Gasteiger charge is 2.54. The van der Waals surface area contributed by atoms with Gasteiger partial charge < -0.3 is 10.8 Å². The number of aliphatic hydroxyl groups is 1. The summed E-state index contributed by atoms with van der Waals surface area (Å²) in [5.41, 5.74) is 5.67. The summed E-state index contributed by atoms with van der Waals surface area (Å²) in [6.45, 7) is 2.90. The van der Waals surface area contributed by atoms with Crippen molar-refractivity contribution >= 4 is 27.3 Å². The van der Waals surface area contributed by atoms with Crippen molar-refractivity contribution in [3.05, 3.63) is 20.3 Å². The summed E-state index contributed by atoms with van der Waals surface area (Å²) in [7, 11) is 0. The van der Waals surface area contributed by atoms with Crippen LogP contribution in [0.4, 0.5) is 0 Å². The molecule has 1 aromatic heterocycles. The quantitative estimate of drug-likeness (QED) is 0.889. The molecule has 1 aromatic rings. The van der Waals surface area contributed by atoms with Gasteiger partial charge >= 0.3 is 0 Å². The summed E-state index contributed by atoms with van der Waals surface area (Å²) in [5, 5.41) is 9.28. The standard InChI is InChI=1S/C10H14BrNOS/c1-6-8(11)2-9(14-6)7-3-10(7,4-12)5-13/h2,7,13H,3-5,12H2,1H3. The number of rotatable bonds is 3. The van der Waals surface area contributed by atoms with Gasteiger partial charge in [-0.2, -0.15) is 0 Å². The minimum Gasteiger partial charge on any atom is -0.396 e. The SMILES string of the molecule is Cc1sc(C2CC2(CN)CO)cc1Br. The topological polar surface area (TPSA) is 46.2 Å². The molecule has 1 fully saturated rings. The lowest BCUT2D eigenvalue weighted by atomic mass is 10.1. The van der Waals surface area contributed by atoms with Crippen LogP contribution in [0.3, 0.4) is 0 Å². The second-order valence-electron chi connectivity index (χ2n) is 4.03. The van der Waals surface area contributed by atoms with Crippen LogP contribution < -0.4 is 5.73 Å². The van der Waals surface area contributed by atoms with Gasteiger partial charge in [0.05, 0.1) is 6.61 Å². The minimum absolute atomic E-state index is 0.0171. The number of aryl methyl sites for hydroxylation is 1. The van der Waals surface area contributed by atoms with Crippen molar-refractivity contribution in [2.24, 2.45) is 11.1 Å². The van der Waals surface area contributed by atoms with Crippen LogP contribution >= 0.6 is 27.3 Å². The molecule has 1 aliphatic carbocycles. The molecule has 1 heterocycles. The highest BCUT2D eigenvalue weighted by Crippen LogP contribution is 2.60. The van der Waals surface area contributed by atoms with E-state index in [2.05, 4.69) is 28.9 Å². The Labute approximate surface area is 96.3 Å². The van der Waals surface area contributed by atoms with Gasteiger partial charge in [-0.1, -0.05) is 0 Å². The molecule has 2 atom stereocenters. The number of hydrogen-bond acceptors (Lipinski definition) is 3. The fourth-order valence-electron chi connectivity index (χ4n) is 1.87. The lowest BCUT2D eigenvalue weighted by Crippen LogP contribution is -2.21. The molecular weight excluding hydrogens is 262 g/mol. The van der Waals surface area contributed by atoms with Crippen LogP contribution in [0, 0.1) is 12.3 Å². The zero-order valence-corrected chi connectivity index (χ0v) is 10.5. The molecule has 14 heavy (non-hydrogen) atoms. The number of hydrogen-bond donors (Lipinski definition) is 2. The molecule has 0 bridgehead atoms. The number of thiophene rings is 1. The van der Waals surface area contributed by atoms with Crippen molar-refractivity contribution < 1.29 is 5.11 Å². The molecule has 2 unspecified atom stereocenters. The predicted octanol–water partition coefficient (Wildman–Crippen LogP) is 2.24. The first-order chi connectivity index (χ1) is 6.63. The summed E-state index contributed by atoms with van der Waals surface area (Å²) in [4.78, 5) is 2.66. The van der Waals surface area contributed by atoms with E-state index in [9.17, 15) is 5.11 Å². The van der Waals surface area contributed by atoms with E-state index >= 15 is 0 Å². The smallest absolute Gasteiger partial charge is 0.0505 e. The summed E-state index contributed by atoms with van der Waals surface area (Å²) >= 11 is 5.31. The van der Waals surface area contributed by atoms with Gasteiger partial charge in [-0.15, -0.1) is 11.3 Å². The second kappa shape index (κ2) is 3.59. The van der Waals surface area contributed by atoms with Crippen molar-refractivity contribution in [1.82, 2.24) is 0 Å². The van der Waals surface area contributed by atoms with Gasteiger partial charge in [0.25, 0.3) is 0 Å². The first-order valence-electron chi connectivity index (χ1n) is 4.70. The van der Waals surface area contributed by atoms with Crippen molar-refractivity contribution in [2.45, 2.75) is 19.3 Å². The lowest BCUT2D eigenvalue weighted by Gasteiger charge is -2.09. The molecule has 2 nitrogen and oxygen atoms in total. The molecule has 0 saturated heterocycles. The normalized spacial score (nSPS) is 30.7. The molecule has 2 rings (SSSR count). The fourth-order valence-corrected chi connectivity index (χ4v) is 3.67. The summed E-state index contributed by atoms with van der Waals surface area (Å²) < 4.78 is 1.17. The average Bonchev–Trinajstić information content (AvgIpc) is 2.83. The molecule has 0 aromatic carbocycles. The van der Waals surface area contributed by atoms with Gasteiger partial charge in [0.1, 0.15) is 0 Å². The van der Waals surface area contributed by atoms with Crippen LogP contribution in [0.5, 0.6) is 0 Å². The first kappa shape index (κ1) is 10.6. The van der Waals surface area contributed by atoms with E-state index in [-0.39, 0.29) is 12.0 Å². The van der Waals surface area contributed by atoms with Gasteiger partial charge in [0, 0.05) is 32.1 Å². The molecule has 3 N–H and O–H groups in total. The molecule has 0 spiro atoms. The van der Waals surface area contributed by atoms with Gasteiger partial charge in [-0.05, 0) is 35.3 Å². The van der Waals surface area contributed by atoms with Crippen LogP contribution in [0.25, 0.3) is 0 Å². The van der Waals surface area contributed by atoms with Crippen LogP contribution in [0.15, 0.2) is 10.5 Å². The summed E-state index contributed by atoms with van der Waals surface area (Å²) in [6.07, 6.45) is 1.03. The third kappa shape index (κ3) is 1.54. The Balaban J connectivity index is 2.19. The van der Waals surface area contributed by atoms with Crippen molar-refractivity contribution in [3.63, 3.8) is 0 Å². The third-order valence-electron chi connectivity index (χ3n) is 3.13. The Kier molecular flexibility index (Phi) is 2.72. The maximum absolute atomic E-state index is 9.28. The molecule has 0 radical (unpaired) electrons. The van der Waals surface area contributed by atoms with Gasteiger partial charge in [-0.3, -0.25) is 0 Å². The number of aliphatic hydroxyl groups excluding tert-OH is 1. The zero-order chi connectivity index (χ0) is 10.3. The molecule has 0 aliphatic heterocycles. The first-order valence-corrected chi connectivity index (χ1v) is 6.30. The Bertz CT molecular complexity index is 326. The summed E-state index contributed by atoms with van der Waals surface area (Å²) in [6, 6.07) is 2.16. The lowest BCUT2D eigenvalue weighted by molar-refractivity contribution is 0.212. The van der Waals surface area contributed by atoms with E-state index in [0.717, 1.165) is 6.42 Å². The van der Waals surface area contributed by atoms with Crippen molar-refractivity contribution in [2.75, 3.05) is 13.2 Å². The van der Waals surface area contributed by atoms with E-state index in [4.69, 9.17) is 5.73 Å². The van der Waals surface area contributed by atoms with E-state index in [1.54, 1.807) is 11.3 Å². The van der Waals surface area contributed by atoms with E-state index in [1.807, 2.05) is 0 Å². The van der Waals surface area contributed by atoms with E-state index in [0.29, 0.717) is 12.5 Å². The molecule has 78 valence electrons. The zero-order valence-electron chi connectivity index (χ0n) is 8.09. The Morgan fingerprint density at radius 3 is 2.86 bits per heavy atom. The second-order valence-corrected chi connectivity index (χ2v) is 6.18. The summed E-state index contributed by atoms with van der Waals surface area (Å²) in [5.74, 6) is 0.479. The van der Waals surface area contributed by atoms with Crippen LogP contribution in [0.1, 0.15) is 22.1 Å². The molecule has 1 aliphatic rings. The molecule has 1 saturated carbocycles. The fraction of sp³-hybridized carbons (Fsp3) is 0.600. The molecule has 4 heteroatoms. The Morgan fingerprint density at radius 2 is 2.50 bits per heavy atom. The molecular formula is C10H14BrNOS. The van der Waals surface area contributed by atoms with Crippen molar-refractivity contribution in [3.8, 4) is 0 Å². The average molecular weight is 276 g/mol. The van der Waals surface area contributed by atoms with Crippen LogP contribution in [0.2, 0.25) is 0 Å².